The molecule has 4 nitrogen and oxygen atoms in total. The summed E-state index contributed by atoms with van der Waals surface area (Å²) in [6, 6.07) is 0. The van der Waals surface area contributed by atoms with Crippen LogP contribution in [-0.4, -0.2) is 19.5 Å². The highest BCUT2D eigenvalue weighted by molar-refractivity contribution is 5.64. The van der Waals surface area contributed by atoms with Crippen molar-refractivity contribution in [3.05, 3.63) is 0 Å². The van der Waals surface area contributed by atoms with Gasteiger partial charge in [-0.1, -0.05) is 0 Å². The maximum absolute atomic E-state index is 9.67. The van der Waals surface area contributed by atoms with E-state index in [1.54, 1.807) is 0 Å². The topological polar surface area (TPSA) is 64.7 Å². The number of aliphatic imine (C=N–C) groups is 1. The van der Waals surface area contributed by atoms with Gasteiger partial charge in [0.05, 0.1) is 0 Å². The Morgan fingerprint density at radius 2 is 2.57 bits per heavy atom. The molecule has 0 unspecified atom stereocenters. The van der Waals surface area contributed by atoms with Crippen LogP contribution in [0, 0.1) is 0 Å². The van der Waals surface area contributed by atoms with Gasteiger partial charge in [0, 0.05) is 0 Å². The lowest BCUT2D eigenvalue weighted by Crippen LogP contribution is -2.12. The largest absolute Gasteiger partial charge is 0.426 e. The average Bonchev–Trinajstić information content (AvgIpc) is 1.61. The molecule has 40 valence electrons. The first-order valence-corrected chi connectivity index (χ1v) is 1.62. The third-order valence-corrected chi connectivity index (χ3v) is 0.298. The molecule has 2 N–H and O–H groups in total. The van der Waals surface area contributed by atoms with E-state index < -0.39 is 6.09 Å². The first-order chi connectivity index (χ1) is 3.27. The van der Waals surface area contributed by atoms with Crippen molar-refractivity contribution in [3.8, 4) is 0 Å². The Hall–Kier alpha value is -1.06. The number of carbonyl (C=O) groups excluding carboxylic acids is 1. The molecule has 0 heterocycles. The molecule has 0 aliphatic carbocycles. The SMILES string of the molecule is C=NCOC(N)=O. The third kappa shape index (κ3) is 4.94. The fourth-order valence-electron chi connectivity index (χ4n) is 0.109. The van der Waals surface area contributed by atoms with Gasteiger partial charge in [0.15, 0.2) is 6.73 Å². The first-order valence-electron chi connectivity index (χ1n) is 1.62. The number of primary amides is 1. The van der Waals surface area contributed by atoms with Crippen LogP contribution >= 0.6 is 0 Å². The van der Waals surface area contributed by atoms with Crippen LogP contribution < -0.4 is 5.73 Å². The number of amides is 1. The van der Waals surface area contributed by atoms with Crippen molar-refractivity contribution in [2.45, 2.75) is 0 Å². The molecule has 7 heavy (non-hydrogen) atoms. The first kappa shape index (κ1) is 5.94. The van der Waals surface area contributed by atoms with Crippen LogP contribution in [0.4, 0.5) is 4.79 Å². The number of rotatable bonds is 2. The molecular formula is C3H6N2O2. The fourth-order valence-corrected chi connectivity index (χ4v) is 0.109. The maximum atomic E-state index is 9.67. The highest BCUT2D eigenvalue weighted by Crippen LogP contribution is 1.69. The number of hydrogen-bond donors (Lipinski definition) is 1. The number of nitrogens with two attached hydrogens (primary N) is 1. The number of ether oxygens (including phenoxy) is 1. The minimum atomic E-state index is -0.826. The van der Waals surface area contributed by atoms with Crippen molar-refractivity contribution < 1.29 is 9.53 Å². The van der Waals surface area contributed by atoms with Gasteiger partial charge in [-0.25, -0.2) is 4.79 Å². The molecule has 0 aromatic carbocycles. The second-order valence-corrected chi connectivity index (χ2v) is 0.816. The van der Waals surface area contributed by atoms with Gasteiger partial charge in [-0.15, -0.1) is 0 Å². The van der Waals surface area contributed by atoms with E-state index in [1.165, 1.54) is 0 Å². The fraction of sp³-hybridized carbons (Fsp3) is 0.333. The zero-order chi connectivity index (χ0) is 5.70. The summed E-state index contributed by atoms with van der Waals surface area (Å²) in [5.74, 6) is 0. The van der Waals surface area contributed by atoms with Crippen LogP contribution in [0.2, 0.25) is 0 Å². The molecule has 1 amide bonds. The van der Waals surface area contributed by atoms with E-state index in [4.69, 9.17) is 0 Å². The van der Waals surface area contributed by atoms with Crippen LogP contribution in [0.3, 0.4) is 0 Å². The summed E-state index contributed by atoms with van der Waals surface area (Å²) in [6.07, 6.45) is -0.826. The van der Waals surface area contributed by atoms with Gasteiger partial charge in [0.25, 0.3) is 0 Å². The van der Waals surface area contributed by atoms with Gasteiger partial charge in [-0.05, 0) is 6.72 Å². The molecular weight excluding hydrogens is 96.0 g/mol. The molecule has 0 fully saturated rings. The van der Waals surface area contributed by atoms with Gasteiger partial charge in [-0.3, -0.25) is 4.99 Å². The Morgan fingerprint density at radius 3 is 2.71 bits per heavy atom. The lowest BCUT2D eigenvalue weighted by atomic mass is 11.2. The minimum Gasteiger partial charge on any atom is -0.426 e. The van der Waals surface area contributed by atoms with Crippen molar-refractivity contribution in [3.63, 3.8) is 0 Å². The van der Waals surface area contributed by atoms with Crippen LogP contribution in [0.5, 0.6) is 0 Å². The summed E-state index contributed by atoms with van der Waals surface area (Å²) < 4.78 is 4.10. The molecule has 0 spiro atoms. The molecule has 0 radical (unpaired) electrons. The Kier molecular flexibility index (Phi) is 2.67. The van der Waals surface area contributed by atoms with E-state index in [-0.39, 0.29) is 6.73 Å². The van der Waals surface area contributed by atoms with Crippen LogP contribution in [-0.2, 0) is 4.74 Å². The Labute approximate surface area is 41.0 Å². The Balaban J connectivity index is 2.97. The number of hydrogen-bond acceptors (Lipinski definition) is 3. The predicted molar refractivity (Wildman–Crippen MR) is 25.1 cm³/mol. The van der Waals surface area contributed by atoms with Crippen LogP contribution in [0.25, 0.3) is 0 Å². The quantitative estimate of drug-likeness (QED) is 0.488. The summed E-state index contributed by atoms with van der Waals surface area (Å²) >= 11 is 0. The Bertz CT molecular complexity index is 81.0. The van der Waals surface area contributed by atoms with E-state index in [0.717, 1.165) is 0 Å². The van der Waals surface area contributed by atoms with E-state index in [9.17, 15) is 4.79 Å². The maximum Gasteiger partial charge on any atom is 0.406 e. The molecule has 4 heteroatoms. The lowest BCUT2D eigenvalue weighted by Gasteiger charge is -1.90. The van der Waals surface area contributed by atoms with Gasteiger partial charge >= 0.3 is 6.09 Å². The summed E-state index contributed by atoms with van der Waals surface area (Å²) in [5, 5.41) is 0. The summed E-state index contributed by atoms with van der Waals surface area (Å²) in [6.45, 7) is 2.99. The second kappa shape index (κ2) is 3.14. The molecule has 0 saturated carbocycles. The van der Waals surface area contributed by atoms with Crippen molar-refractivity contribution in [2.75, 3.05) is 6.73 Å². The van der Waals surface area contributed by atoms with Gasteiger partial charge in [0.1, 0.15) is 0 Å². The van der Waals surface area contributed by atoms with Gasteiger partial charge < -0.3 is 10.5 Å². The van der Waals surface area contributed by atoms with Crippen LogP contribution in [0.15, 0.2) is 4.99 Å². The number of carbonyl (C=O) groups is 1. The molecule has 0 aromatic rings. The molecule has 0 bridgehead atoms. The van der Waals surface area contributed by atoms with Crippen molar-refractivity contribution in [2.24, 2.45) is 10.7 Å². The minimum absolute atomic E-state index is 0.0602. The highest BCUT2D eigenvalue weighted by Gasteiger charge is 1.84. The zero-order valence-corrected chi connectivity index (χ0v) is 3.76. The Morgan fingerprint density at radius 1 is 2.00 bits per heavy atom. The van der Waals surface area contributed by atoms with E-state index in [0.29, 0.717) is 0 Å². The van der Waals surface area contributed by atoms with Gasteiger partial charge in [-0.2, -0.15) is 0 Å². The average molecular weight is 102 g/mol. The molecule has 0 rings (SSSR count). The zero-order valence-electron chi connectivity index (χ0n) is 3.76. The van der Waals surface area contributed by atoms with Crippen LogP contribution in [0.1, 0.15) is 0 Å². The highest BCUT2D eigenvalue weighted by atomic mass is 16.6. The molecule has 0 aliphatic heterocycles. The molecule has 0 atom stereocenters. The van der Waals surface area contributed by atoms with E-state index in [2.05, 4.69) is 22.2 Å². The van der Waals surface area contributed by atoms with E-state index >= 15 is 0 Å². The standard InChI is InChI=1S/C3H6N2O2/c1-5-2-7-3(4)6/h1-2H2,(H2,4,6). The smallest absolute Gasteiger partial charge is 0.406 e. The van der Waals surface area contributed by atoms with E-state index in [1.807, 2.05) is 0 Å². The van der Waals surface area contributed by atoms with Gasteiger partial charge in [0.2, 0.25) is 0 Å². The summed E-state index contributed by atoms with van der Waals surface area (Å²) in [4.78, 5) is 12.9. The predicted octanol–water partition coefficient (Wildman–Crippen LogP) is -0.260. The number of nitrogens with zero attached hydrogens (tertiary/aromatic N) is 1. The normalized spacial score (nSPS) is 7.43. The second-order valence-electron chi connectivity index (χ2n) is 0.816. The van der Waals surface area contributed by atoms with Crippen molar-refractivity contribution in [1.29, 1.82) is 0 Å². The summed E-state index contributed by atoms with van der Waals surface area (Å²) in [5.41, 5.74) is 4.53. The molecule has 0 saturated heterocycles. The lowest BCUT2D eigenvalue weighted by molar-refractivity contribution is 0.161. The summed E-state index contributed by atoms with van der Waals surface area (Å²) in [7, 11) is 0. The molecule has 0 aromatic heterocycles. The van der Waals surface area contributed by atoms with Crippen molar-refractivity contribution >= 4 is 12.8 Å². The monoisotopic (exact) mass is 102 g/mol. The van der Waals surface area contributed by atoms with Crippen molar-refractivity contribution in [1.82, 2.24) is 0 Å². The molecule has 0 aliphatic rings. The third-order valence-electron chi connectivity index (χ3n) is 0.298.